The van der Waals surface area contributed by atoms with Crippen molar-refractivity contribution in [3.8, 4) is 0 Å². The highest BCUT2D eigenvalue weighted by Gasteiger charge is 2.09. The van der Waals surface area contributed by atoms with E-state index in [2.05, 4.69) is 9.97 Å². The maximum absolute atomic E-state index is 12.2. The molecule has 0 amide bonds. The number of pyridine rings is 1. The smallest absolute Gasteiger partial charge is 0.258 e. The SMILES string of the molecule is Cc1cccn2c(=O)cc(CSc3nc4ccc(Cl)cc4o3)nc12. The molecule has 0 N–H and O–H groups in total. The molecule has 3 aromatic heterocycles. The Morgan fingerprint density at radius 2 is 2.12 bits per heavy atom. The zero-order chi connectivity index (χ0) is 16.7. The first-order chi connectivity index (χ1) is 11.6. The standard InChI is InChI=1S/C17H12ClN3O2S/c1-10-3-2-6-21-15(22)8-12(19-16(10)21)9-24-17-20-13-5-4-11(18)7-14(13)23-17/h2-8H,9H2,1H3. The molecular weight excluding hydrogens is 346 g/mol. The molecule has 1 aromatic carbocycles. The third-order valence-corrected chi connectivity index (χ3v) is 4.71. The van der Waals surface area contributed by atoms with Gasteiger partial charge in [0.1, 0.15) is 11.2 Å². The van der Waals surface area contributed by atoms with Gasteiger partial charge in [0.2, 0.25) is 0 Å². The van der Waals surface area contributed by atoms with Crippen LogP contribution >= 0.6 is 23.4 Å². The molecule has 0 aliphatic carbocycles. The van der Waals surface area contributed by atoms with Crippen LogP contribution in [0.5, 0.6) is 0 Å². The van der Waals surface area contributed by atoms with Gasteiger partial charge in [0.15, 0.2) is 5.58 Å². The van der Waals surface area contributed by atoms with Crippen LogP contribution in [0.1, 0.15) is 11.3 Å². The molecule has 4 aromatic rings. The maximum Gasteiger partial charge on any atom is 0.258 e. The lowest BCUT2D eigenvalue weighted by Gasteiger charge is -2.05. The fraction of sp³-hybridized carbons (Fsp3) is 0.118. The van der Waals surface area contributed by atoms with Crippen molar-refractivity contribution in [3.63, 3.8) is 0 Å². The molecule has 0 fully saturated rings. The first-order valence-corrected chi connectivity index (χ1v) is 8.63. The molecule has 0 saturated carbocycles. The molecule has 0 unspecified atom stereocenters. The summed E-state index contributed by atoms with van der Waals surface area (Å²) < 4.78 is 7.21. The van der Waals surface area contributed by atoms with Crippen molar-refractivity contribution in [1.29, 1.82) is 0 Å². The van der Waals surface area contributed by atoms with Gasteiger partial charge < -0.3 is 4.42 Å². The second kappa shape index (κ2) is 5.96. The van der Waals surface area contributed by atoms with Crippen LogP contribution in [0.2, 0.25) is 5.02 Å². The Hall–Kier alpha value is -2.31. The van der Waals surface area contributed by atoms with Crippen LogP contribution in [0.3, 0.4) is 0 Å². The fourth-order valence-electron chi connectivity index (χ4n) is 2.46. The largest absolute Gasteiger partial charge is 0.431 e. The summed E-state index contributed by atoms with van der Waals surface area (Å²) in [5.74, 6) is 0.501. The third-order valence-electron chi connectivity index (χ3n) is 3.61. The fourth-order valence-corrected chi connectivity index (χ4v) is 3.35. The predicted octanol–water partition coefficient (Wildman–Crippen LogP) is 4.09. The Balaban J connectivity index is 1.64. The number of aromatic nitrogens is 3. The summed E-state index contributed by atoms with van der Waals surface area (Å²) >= 11 is 7.34. The van der Waals surface area contributed by atoms with Gasteiger partial charge in [0.25, 0.3) is 10.8 Å². The van der Waals surface area contributed by atoms with Crippen LogP contribution in [0, 0.1) is 6.92 Å². The minimum Gasteiger partial charge on any atom is -0.431 e. The van der Waals surface area contributed by atoms with E-state index in [1.54, 1.807) is 28.8 Å². The lowest BCUT2D eigenvalue weighted by atomic mass is 10.3. The Morgan fingerprint density at radius 3 is 3.00 bits per heavy atom. The predicted molar refractivity (Wildman–Crippen MR) is 94.8 cm³/mol. The number of halogens is 1. The molecule has 120 valence electrons. The van der Waals surface area contributed by atoms with Crippen LogP contribution in [0.25, 0.3) is 16.7 Å². The summed E-state index contributed by atoms with van der Waals surface area (Å²) in [7, 11) is 0. The highest BCUT2D eigenvalue weighted by molar-refractivity contribution is 7.98. The summed E-state index contributed by atoms with van der Waals surface area (Å²) in [6.45, 7) is 1.93. The van der Waals surface area contributed by atoms with Gasteiger partial charge in [-0.25, -0.2) is 9.97 Å². The average Bonchev–Trinajstić information content (AvgIpc) is 2.96. The van der Waals surface area contributed by atoms with Crippen molar-refractivity contribution in [2.75, 3.05) is 0 Å². The summed E-state index contributed by atoms with van der Waals surface area (Å²) in [4.78, 5) is 21.2. The molecule has 0 bridgehead atoms. The number of nitrogens with zero attached hydrogens (tertiary/aromatic N) is 3. The molecule has 3 heterocycles. The van der Waals surface area contributed by atoms with Gasteiger partial charge in [-0.3, -0.25) is 9.20 Å². The summed E-state index contributed by atoms with van der Waals surface area (Å²) in [6.07, 6.45) is 1.72. The van der Waals surface area contributed by atoms with Crippen molar-refractivity contribution in [2.45, 2.75) is 17.9 Å². The number of oxazole rings is 1. The van der Waals surface area contributed by atoms with E-state index in [1.165, 1.54) is 11.8 Å². The van der Waals surface area contributed by atoms with Crippen molar-refractivity contribution in [1.82, 2.24) is 14.4 Å². The van der Waals surface area contributed by atoms with Crippen LogP contribution < -0.4 is 5.56 Å². The topological polar surface area (TPSA) is 60.4 Å². The molecule has 7 heteroatoms. The molecule has 0 radical (unpaired) electrons. The van der Waals surface area contributed by atoms with E-state index in [-0.39, 0.29) is 5.56 Å². The van der Waals surface area contributed by atoms with E-state index >= 15 is 0 Å². The zero-order valence-corrected chi connectivity index (χ0v) is 14.3. The number of aryl methyl sites for hydroxylation is 1. The molecule has 5 nitrogen and oxygen atoms in total. The van der Waals surface area contributed by atoms with Crippen molar-refractivity contribution in [2.24, 2.45) is 0 Å². The Bertz CT molecular complexity index is 1120. The van der Waals surface area contributed by atoms with Gasteiger partial charge in [-0.15, -0.1) is 0 Å². The minimum absolute atomic E-state index is 0.0938. The van der Waals surface area contributed by atoms with E-state index in [1.807, 2.05) is 25.1 Å². The second-order valence-corrected chi connectivity index (χ2v) is 6.71. The molecule has 4 rings (SSSR count). The van der Waals surface area contributed by atoms with Crippen LogP contribution in [0.4, 0.5) is 0 Å². The van der Waals surface area contributed by atoms with Crippen molar-refractivity contribution in [3.05, 3.63) is 69.2 Å². The van der Waals surface area contributed by atoms with E-state index in [4.69, 9.17) is 16.0 Å². The number of fused-ring (bicyclic) bond motifs is 2. The summed E-state index contributed by atoms with van der Waals surface area (Å²) in [6, 6.07) is 10.6. The highest BCUT2D eigenvalue weighted by Crippen LogP contribution is 2.27. The third kappa shape index (κ3) is 2.79. The van der Waals surface area contributed by atoms with Crippen LogP contribution in [-0.4, -0.2) is 14.4 Å². The second-order valence-electron chi connectivity index (χ2n) is 5.35. The Kier molecular flexibility index (Phi) is 3.78. The van der Waals surface area contributed by atoms with Gasteiger partial charge in [-0.05, 0) is 30.7 Å². The van der Waals surface area contributed by atoms with Gasteiger partial charge in [-0.2, -0.15) is 0 Å². The lowest BCUT2D eigenvalue weighted by molar-refractivity contribution is 0.489. The molecular formula is C17H12ClN3O2S. The number of hydrogen-bond donors (Lipinski definition) is 0. The van der Waals surface area contributed by atoms with Crippen molar-refractivity contribution < 1.29 is 4.42 Å². The zero-order valence-electron chi connectivity index (χ0n) is 12.7. The first kappa shape index (κ1) is 15.2. The van der Waals surface area contributed by atoms with Crippen molar-refractivity contribution >= 4 is 40.1 Å². The van der Waals surface area contributed by atoms with Gasteiger partial charge in [-0.1, -0.05) is 29.4 Å². The van der Waals surface area contributed by atoms with E-state index in [0.717, 1.165) is 11.1 Å². The minimum atomic E-state index is -0.0938. The van der Waals surface area contributed by atoms with E-state index in [9.17, 15) is 4.79 Å². The van der Waals surface area contributed by atoms with Gasteiger partial charge in [0, 0.05) is 29.1 Å². The Labute approximate surface area is 146 Å². The first-order valence-electron chi connectivity index (χ1n) is 7.27. The molecule has 24 heavy (non-hydrogen) atoms. The number of hydrogen-bond acceptors (Lipinski definition) is 5. The maximum atomic E-state index is 12.2. The quantitative estimate of drug-likeness (QED) is 0.517. The molecule has 0 aliphatic rings. The highest BCUT2D eigenvalue weighted by atomic mass is 35.5. The van der Waals surface area contributed by atoms with Crippen LogP contribution in [0.15, 0.2) is 57.0 Å². The molecule has 0 spiro atoms. The van der Waals surface area contributed by atoms with Crippen LogP contribution in [-0.2, 0) is 5.75 Å². The van der Waals surface area contributed by atoms with Gasteiger partial charge in [0.05, 0.1) is 5.69 Å². The Morgan fingerprint density at radius 1 is 1.25 bits per heavy atom. The average molecular weight is 358 g/mol. The monoisotopic (exact) mass is 357 g/mol. The molecule has 0 atom stereocenters. The number of benzene rings is 1. The normalized spacial score (nSPS) is 11.4. The number of thioether (sulfide) groups is 1. The molecule has 0 aliphatic heterocycles. The number of rotatable bonds is 3. The summed E-state index contributed by atoms with van der Waals surface area (Å²) in [5, 5.41) is 1.13. The lowest BCUT2D eigenvalue weighted by Crippen LogP contribution is -2.15. The van der Waals surface area contributed by atoms with E-state index in [0.29, 0.717) is 32.9 Å². The summed E-state index contributed by atoms with van der Waals surface area (Å²) in [5.41, 5.74) is 3.63. The van der Waals surface area contributed by atoms with E-state index < -0.39 is 0 Å². The van der Waals surface area contributed by atoms with Gasteiger partial charge >= 0.3 is 0 Å². The molecule has 0 saturated heterocycles.